The standard InChI is InChI=1S/C53H89O12P/c1-3-5-7-9-11-13-15-17-19-21-22-23-24-25-26-27-28-30-32-34-36-38-40-42-47(54)64-46(45-63-66(60,61)65-53-51(58)49(56)48(55)50(57)52(53)59)44-62-43-41-39-37-35-33-31-29-20-18-16-14-12-10-8-6-4-2/h5-8,11-14,17-20,22-23,31,33,46,48-53,55-59H,3-4,9-10,15-16,21,24-30,32,34-45H2,1-2H3,(H,60,61)/b7-5-,8-6-,13-11-,14-12-,19-17-,20-18-,23-22-,33-31-. The molecule has 12 nitrogen and oxygen atoms in total. The first-order valence-electron chi connectivity index (χ1n) is 25.1. The van der Waals surface area contributed by atoms with Crippen LogP contribution in [0.15, 0.2) is 97.2 Å². The summed E-state index contributed by atoms with van der Waals surface area (Å²) in [4.78, 5) is 23.2. The third-order valence-corrected chi connectivity index (χ3v) is 11.9. The summed E-state index contributed by atoms with van der Waals surface area (Å²) in [6.07, 6.45) is 46.2. The normalized spacial score (nSPS) is 22.2. The zero-order valence-electron chi connectivity index (χ0n) is 40.5. The van der Waals surface area contributed by atoms with Gasteiger partial charge < -0.3 is 39.9 Å². The van der Waals surface area contributed by atoms with Crippen molar-refractivity contribution in [1.82, 2.24) is 0 Å². The highest BCUT2D eigenvalue weighted by Crippen LogP contribution is 2.47. The maximum Gasteiger partial charge on any atom is 0.472 e. The second-order valence-corrected chi connectivity index (χ2v) is 18.3. The Bertz CT molecular complexity index is 1450. The number of ether oxygens (including phenoxy) is 2. The summed E-state index contributed by atoms with van der Waals surface area (Å²) in [5, 5.41) is 50.3. The number of allylic oxidation sites excluding steroid dienone is 16. The number of hydrogen-bond donors (Lipinski definition) is 6. The predicted octanol–water partition coefficient (Wildman–Crippen LogP) is 11.1. The second-order valence-electron chi connectivity index (χ2n) is 16.9. The number of hydrogen-bond acceptors (Lipinski definition) is 11. The van der Waals surface area contributed by atoms with Crippen LogP contribution < -0.4 is 0 Å². The maximum atomic E-state index is 12.8. The highest BCUT2D eigenvalue weighted by atomic mass is 31.2. The number of aliphatic hydroxyl groups excluding tert-OH is 5. The van der Waals surface area contributed by atoms with E-state index in [9.17, 15) is 39.8 Å². The highest BCUT2D eigenvalue weighted by Gasteiger charge is 2.51. The first kappa shape index (κ1) is 61.3. The number of phosphoric acid groups is 1. The highest BCUT2D eigenvalue weighted by molar-refractivity contribution is 7.47. The van der Waals surface area contributed by atoms with Crippen molar-refractivity contribution in [3.63, 3.8) is 0 Å². The first-order chi connectivity index (χ1) is 32.0. The van der Waals surface area contributed by atoms with E-state index in [1.165, 1.54) is 38.5 Å². The van der Waals surface area contributed by atoms with Crippen molar-refractivity contribution in [3.05, 3.63) is 97.2 Å². The van der Waals surface area contributed by atoms with Crippen LogP contribution in [0, 0.1) is 0 Å². The molecular formula is C53H89O12P. The first-order valence-corrected chi connectivity index (χ1v) is 26.6. The van der Waals surface area contributed by atoms with Crippen LogP contribution in [0.1, 0.15) is 168 Å². The van der Waals surface area contributed by atoms with E-state index in [1.54, 1.807) is 0 Å². The van der Waals surface area contributed by atoms with Crippen molar-refractivity contribution in [3.8, 4) is 0 Å². The minimum atomic E-state index is -5.04. The lowest BCUT2D eigenvalue weighted by atomic mass is 9.85. The van der Waals surface area contributed by atoms with Crippen LogP contribution in [0.5, 0.6) is 0 Å². The van der Waals surface area contributed by atoms with Crippen molar-refractivity contribution >= 4 is 13.8 Å². The molecule has 1 saturated carbocycles. The Labute approximate surface area is 398 Å². The van der Waals surface area contributed by atoms with Crippen LogP contribution in [0.4, 0.5) is 0 Å². The molecule has 378 valence electrons. The number of carbonyl (C=O) groups is 1. The van der Waals surface area contributed by atoms with E-state index in [2.05, 4.69) is 111 Å². The van der Waals surface area contributed by atoms with E-state index in [0.717, 1.165) is 103 Å². The van der Waals surface area contributed by atoms with Gasteiger partial charge in [0.05, 0.1) is 13.2 Å². The number of unbranched alkanes of at least 4 members (excludes halogenated alkanes) is 13. The van der Waals surface area contributed by atoms with Crippen molar-refractivity contribution < 1.29 is 58.3 Å². The van der Waals surface area contributed by atoms with Crippen LogP contribution in [-0.4, -0.2) is 98.9 Å². The average molecular weight is 949 g/mol. The summed E-state index contributed by atoms with van der Waals surface area (Å²) in [5.74, 6) is -0.498. The van der Waals surface area contributed by atoms with E-state index in [0.29, 0.717) is 13.0 Å². The Hall–Kier alpha value is -2.74. The smallest absolute Gasteiger partial charge is 0.457 e. The van der Waals surface area contributed by atoms with Crippen LogP contribution in [0.2, 0.25) is 0 Å². The van der Waals surface area contributed by atoms with E-state index in [4.69, 9.17) is 18.5 Å². The van der Waals surface area contributed by atoms with Crippen LogP contribution in [-0.2, 0) is 27.9 Å². The Morgan fingerprint density at radius 3 is 1.29 bits per heavy atom. The molecule has 13 heteroatoms. The molecule has 0 aromatic heterocycles. The van der Waals surface area contributed by atoms with Gasteiger partial charge in [-0.1, -0.05) is 169 Å². The minimum Gasteiger partial charge on any atom is -0.457 e. The molecule has 0 aromatic carbocycles. The largest absolute Gasteiger partial charge is 0.472 e. The summed E-state index contributed by atoms with van der Waals surface area (Å²) in [6.45, 7) is 3.95. The molecule has 1 fully saturated rings. The van der Waals surface area contributed by atoms with E-state index in [-0.39, 0.29) is 13.0 Å². The van der Waals surface area contributed by atoms with Gasteiger partial charge in [-0.05, 0) is 89.9 Å². The number of rotatable bonds is 41. The fourth-order valence-electron chi connectivity index (χ4n) is 7.04. The third kappa shape index (κ3) is 33.7. The molecule has 1 rings (SSSR count). The lowest BCUT2D eigenvalue weighted by Crippen LogP contribution is -2.64. The van der Waals surface area contributed by atoms with Gasteiger partial charge >= 0.3 is 13.8 Å². The number of esters is 1. The molecule has 0 bridgehead atoms. The number of aliphatic hydroxyl groups is 5. The van der Waals surface area contributed by atoms with Crippen LogP contribution in [0.3, 0.4) is 0 Å². The topological polar surface area (TPSA) is 192 Å². The quantitative estimate of drug-likeness (QED) is 0.0147. The van der Waals surface area contributed by atoms with Crippen LogP contribution in [0.25, 0.3) is 0 Å². The van der Waals surface area contributed by atoms with E-state index < -0.39 is 63.1 Å². The van der Waals surface area contributed by atoms with Gasteiger partial charge in [0.25, 0.3) is 0 Å². The Balaban J connectivity index is 2.37. The monoisotopic (exact) mass is 949 g/mol. The molecule has 6 N–H and O–H groups in total. The molecule has 0 aliphatic heterocycles. The van der Waals surface area contributed by atoms with Crippen LogP contribution >= 0.6 is 7.82 Å². The summed E-state index contributed by atoms with van der Waals surface area (Å²) in [5.41, 5.74) is 0. The van der Waals surface area contributed by atoms with Gasteiger partial charge in [0, 0.05) is 13.0 Å². The van der Waals surface area contributed by atoms with Gasteiger partial charge in [-0.15, -0.1) is 0 Å². The van der Waals surface area contributed by atoms with E-state index >= 15 is 0 Å². The zero-order chi connectivity index (χ0) is 48.4. The zero-order valence-corrected chi connectivity index (χ0v) is 41.3. The SMILES string of the molecule is CC/C=C\C/C=C\C/C=C\C/C=C\CCCCCCCCCCCCC(=O)OC(COCCCCC/C=C\C/C=C\C/C=C\C/C=C\CC)COP(=O)(O)OC1C(O)C(O)C(O)C(O)C1O. The summed E-state index contributed by atoms with van der Waals surface area (Å²) in [7, 11) is -5.04. The summed E-state index contributed by atoms with van der Waals surface area (Å²) >= 11 is 0. The molecule has 0 heterocycles. The van der Waals surface area contributed by atoms with E-state index in [1.807, 2.05) is 0 Å². The lowest BCUT2D eigenvalue weighted by molar-refractivity contribution is -0.220. The molecule has 0 amide bonds. The fourth-order valence-corrected chi connectivity index (χ4v) is 8.02. The minimum absolute atomic E-state index is 0.106. The summed E-state index contributed by atoms with van der Waals surface area (Å²) < 4.78 is 34.2. The Morgan fingerprint density at radius 1 is 0.485 bits per heavy atom. The van der Waals surface area contributed by atoms with Crippen molar-refractivity contribution in [2.75, 3.05) is 19.8 Å². The maximum absolute atomic E-state index is 12.8. The van der Waals surface area contributed by atoms with Gasteiger partial charge in [0.15, 0.2) is 0 Å². The summed E-state index contributed by atoms with van der Waals surface area (Å²) in [6, 6.07) is 0. The molecule has 1 aliphatic carbocycles. The lowest BCUT2D eigenvalue weighted by Gasteiger charge is -2.41. The Kier molecular flexibility index (Phi) is 39.3. The molecule has 0 spiro atoms. The van der Waals surface area contributed by atoms with Crippen molar-refractivity contribution in [2.24, 2.45) is 0 Å². The van der Waals surface area contributed by atoms with Gasteiger partial charge in [-0.3, -0.25) is 13.8 Å². The second kappa shape index (κ2) is 42.4. The third-order valence-electron chi connectivity index (χ3n) is 11.0. The molecule has 6 unspecified atom stereocenters. The molecule has 66 heavy (non-hydrogen) atoms. The molecule has 0 aromatic rings. The molecule has 0 radical (unpaired) electrons. The number of phosphoric ester groups is 1. The Morgan fingerprint density at radius 2 is 0.848 bits per heavy atom. The van der Waals surface area contributed by atoms with Gasteiger partial charge in [0.1, 0.15) is 42.7 Å². The molecular weight excluding hydrogens is 860 g/mol. The molecule has 6 atom stereocenters. The predicted molar refractivity (Wildman–Crippen MR) is 267 cm³/mol. The van der Waals surface area contributed by atoms with Gasteiger partial charge in [-0.2, -0.15) is 0 Å². The number of carbonyl (C=O) groups excluding carboxylic acids is 1. The fraction of sp³-hybridized carbons (Fsp3) is 0.679. The average Bonchev–Trinajstić information content (AvgIpc) is 3.30. The molecule has 0 saturated heterocycles. The van der Waals surface area contributed by atoms with Crippen molar-refractivity contribution in [2.45, 2.75) is 211 Å². The van der Waals surface area contributed by atoms with Gasteiger partial charge in [0.2, 0.25) is 0 Å². The van der Waals surface area contributed by atoms with Crippen molar-refractivity contribution in [1.29, 1.82) is 0 Å². The molecule has 1 aliphatic rings. The van der Waals surface area contributed by atoms with Gasteiger partial charge in [-0.25, -0.2) is 4.57 Å².